The second-order valence-electron chi connectivity index (χ2n) is 6.76. The molecular formula is C17H22N8OS. The van der Waals surface area contributed by atoms with Gasteiger partial charge in [0.2, 0.25) is 0 Å². The number of aryl methyl sites for hydroxylation is 1. The van der Waals surface area contributed by atoms with E-state index in [0.29, 0.717) is 18.0 Å². The third-order valence-corrected chi connectivity index (χ3v) is 5.80. The molecule has 0 unspecified atom stereocenters. The van der Waals surface area contributed by atoms with Gasteiger partial charge in [-0.15, -0.1) is 15.3 Å². The molecule has 0 aromatic carbocycles. The van der Waals surface area contributed by atoms with Crippen molar-refractivity contribution in [3.8, 4) is 0 Å². The number of hydrogen-bond acceptors (Lipinski definition) is 7. The van der Waals surface area contributed by atoms with Gasteiger partial charge in [-0.05, 0) is 30.8 Å². The maximum atomic E-state index is 12.9. The number of hydrogen-bond donors (Lipinski definition) is 0. The zero-order valence-electron chi connectivity index (χ0n) is 15.4. The van der Waals surface area contributed by atoms with Crippen LogP contribution in [0.4, 0.5) is 0 Å². The van der Waals surface area contributed by atoms with Crippen LogP contribution in [0.1, 0.15) is 52.7 Å². The van der Waals surface area contributed by atoms with Crippen LogP contribution in [0.5, 0.6) is 0 Å². The van der Waals surface area contributed by atoms with Crippen LogP contribution in [0.3, 0.4) is 0 Å². The number of rotatable bonds is 5. The number of carbonyl (C=O) groups excluding carboxylic acids is 1. The molecule has 3 aromatic heterocycles. The summed E-state index contributed by atoms with van der Waals surface area (Å²) in [7, 11) is 1.99. The molecule has 0 N–H and O–H groups in total. The quantitative estimate of drug-likeness (QED) is 0.659. The van der Waals surface area contributed by atoms with Gasteiger partial charge in [-0.1, -0.05) is 11.4 Å². The van der Waals surface area contributed by atoms with Gasteiger partial charge in [0.05, 0.1) is 18.6 Å². The van der Waals surface area contributed by atoms with Gasteiger partial charge in [0.25, 0.3) is 5.91 Å². The third kappa shape index (κ3) is 3.48. The van der Waals surface area contributed by atoms with Crippen molar-refractivity contribution in [3.05, 3.63) is 40.9 Å². The van der Waals surface area contributed by atoms with Crippen molar-refractivity contribution in [2.45, 2.75) is 38.6 Å². The number of nitrogens with zero attached hydrogens (tertiary/aromatic N) is 8. The molecule has 10 heteroatoms. The summed E-state index contributed by atoms with van der Waals surface area (Å²) in [5.41, 5.74) is 0.786. The summed E-state index contributed by atoms with van der Waals surface area (Å²) in [6.07, 6.45) is 8.10. The minimum Gasteiger partial charge on any atom is -0.337 e. The van der Waals surface area contributed by atoms with Crippen LogP contribution in [-0.4, -0.2) is 57.8 Å². The largest absolute Gasteiger partial charge is 0.337 e. The van der Waals surface area contributed by atoms with E-state index in [0.717, 1.165) is 43.1 Å². The van der Waals surface area contributed by atoms with Gasteiger partial charge in [-0.25, -0.2) is 4.98 Å². The van der Waals surface area contributed by atoms with Crippen molar-refractivity contribution in [3.63, 3.8) is 0 Å². The molecule has 9 nitrogen and oxygen atoms in total. The van der Waals surface area contributed by atoms with Crippen molar-refractivity contribution in [2.24, 2.45) is 7.05 Å². The Hall–Kier alpha value is -2.62. The molecule has 3 aromatic rings. The normalized spacial score (nSPS) is 17.4. The number of amides is 1. The number of imidazole rings is 1. The molecule has 0 radical (unpaired) electrons. The van der Waals surface area contributed by atoms with Crippen LogP contribution in [0.25, 0.3) is 0 Å². The first-order valence-corrected chi connectivity index (χ1v) is 9.89. The molecule has 0 aliphatic carbocycles. The van der Waals surface area contributed by atoms with Crippen molar-refractivity contribution in [2.75, 3.05) is 13.1 Å². The highest BCUT2D eigenvalue weighted by Crippen LogP contribution is 2.27. The van der Waals surface area contributed by atoms with Gasteiger partial charge in [0.15, 0.2) is 5.82 Å². The van der Waals surface area contributed by atoms with E-state index in [2.05, 4.69) is 24.8 Å². The predicted octanol–water partition coefficient (Wildman–Crippen LogP) is 1.49. The first-order valence-electron chi connectivity index (χ1n) is 9.11. The minimum atomic E-state index is 0.0346. The average molecular weight is 386 g/mol. The van der Waals surface area contributed by atoms with E-state index in [-0.39, 0.29) is 11.8 Å². The van der Waals surface area contributed by atoms with E-state index in [1.54, 1.807) is 12.5 Å². The maximum Gasteiger partial charge on any atom is 0.267 e. The second kappa shape index (κ2) is 7.55. The minimum absolute atomic E-state index is 0.0346. The maximum absolute atomic E-state index is 12.9. The molecular weight excluding hydrogens is 364 g/mol. The van der Waals surface area contributed by atoms with E-state index in [4.69, 9.17) is 0 Å². The van der Waals surface area contributed by atoms with E-state index >= 15 is 0 Å². The van der Waals surface area contributed by atoms with Crippen LogP contribution in [0.2, 0.25) is 0 Å². The molecule has 4 rings (SSSR count). The lowest BCUT2D eigenvalue weighted by atomic mass is 9.97. The first kappa shape index (κ1) is 17.8. The zero-order chi connectivity index (χ0) is 18.8. The van der Waals surface area contributed by atoms with Gasteiger partial charge in [0, 0.05) is 38.4 Å². The van der Waals surface area contributed by atoms with Crippen molar-refractivity contribution < 1.29 is 4.79 Å². The van der Waals surface area contributed by atoms with Gasteiger partial charge >= 0.3 is 0 Å². The van der Waals surface area contributed by atoms with Gasteiger partial charge in [-0.2, -0.15) is 0 Å². The molecule has 1 aliphatic heterocycles. The van der Waals surface area contributed by atoms with E-state index in [1.807, 2.05) is 34.2 Å². The Labute approximate surface area is 161 Å². The van der Waals surface area contributed by atoms with Crippen LogP contribution in [0, 0.1) is 0 Å². The Morgan fingerprint density at radius 1 is 1.33 bits per heavy atom. The van der Waals surface area contributed by atoms with Crippen molar-refractivity contribution in [1.29, 1.82) is 0 Å². The number of aromatic nitrogens is 7. The molecule has 1 amide bonds. The summed E-state index contributed by atoms with van der Waals surface area (Å²) in [6.45, 7) is 4.03. The fourth-order valence-corrected chi connectivity index (χ4v) is 4.25. The Kier molecular flexibility index (Phi) is 4.97. The lowest BCUT2D eigenvalue weighted by Gasteiger charge is -2.32. The lowest BCUT2D eigenvalue weighted by molar-refractivity contribution is 0.0707. The smallest absolute Gasteiger partial charge is 0.267 e. The second-order valence-corrected chi connectivity index (χ2v) is 7.52. The fraction of sp³-hybridized carbons (Fsp3) is 0.529. The highest BCUT2D eigenvalue weighted by Gasteiger charge is 2.30. The van der Waals surface area contributed by atoms with Crippen LogP contribution < -0.4 is 0 Å². The Bertz CT molecular complexity index is 915. The van der Waals surface area contributed by atoms with E-state index in [9.17, 15) is 4.79 Å². The monoisotopic (exact) mass is 386 g/mol. The predicted molar refractivity (Wildman–Crippen MR) is 99.5 cm³/mol. The van der Waals surface area contributed by atoms with Crippen molar-refractivity contribution >= 4 is 17.4 Å². The summed E-state index contributed by atoms with van der Waals surface area (Å²) in [5.74, 6) is 2.03. The molecule has 0 bridgehead atoms. The molecule has 1 fully saturated rings. The van der Waals surface area contributed by atoms with Crippen molar-refractivity contribution in [1.82, 2.24) is 38.8 Å². The average Bonchev–Trinajstić information content (AvgIpc) is 3.44. The van der Waals surface area contributed by atoms with Crippen LogP contribution in [-0.2, 0) is 20.0 Å². The highest BCUT2D eigenvalue weighted by atomic mass is 32.1. The Morgan fingerprint density at radius 2 is 2.22 bits per heavy atom. The molecule has 0 spiro atoms. The molecule has 1 atom stereocenters. The number of carbonyl (C=O) groups is 1. The summed E-state index contributed by atoms with van der Waals surface area (Å²) in [5, 5.41) is 12.9. The SMILES string of the molecule is CCc1nnsc1C(=O)N1CCC[C@@H](c2nnc(Cn3ccnc3)n2C)C1. The number of likely N-dealkylation sites (tertiary alicyclic amines) is 1. The first-order chi connectivity index (χ1) is 13.2. The molecule has 4 heterocycles. The summed E-state index contributed by atoms with van der Waals surface area (Å²) < 4.78 is 7.96. The van der Waals surface area contributed by atoms with Gasteiger partial charge < -0.3 is 14.0 Å². The summed E-state index contributed by atoms with van der Waals surface area (Å²) in [6, 6.07) is 0. The summed E-state index contributed by atoms with van der Waals surface area (Å²) in [4.78, 5) is 19.6. The summed E-state index contributed by atoms with van der Waals surface area (Å²) >= 11 is 1.19. The molecule has 0 saturated carbocycles. The van der Waals surface area contributed by atoms with Crippen LogP contribution in [0.15, 0.2) is 18.7 Å². The van der Waals surface area contributed by atoms with E-state index in [1.165, 1.54) is 11.5 Å². The molecule has 142 valence electrons. The van der Waals surface area contributed by atoms with Gasteiger partial charge in [0.1, 0.15) is 10.7 Å². The Morgan fingerprint density at radius 3 is 3.00 bits per heavy atom. The topological polar surface area (TPSA) is 94.6 Å². The Balaban J connectivity index is 1.50. The lowest BCUT2D eigenvalue weighted by Crippen LogP contribution is -2.39. The standard InChI is InChI=1S/C17H22N8OS/c1-3-13-15(27-22-19-13)17(26)25-7-4-5-12(9-25)16-21-20-14(23(16)2)10-24-8-6-18-11-24/h6,8,11-12H,3-5,7,9-10H2,1-2H3/t12-/m1/s1. The van der Waals surface area contributed by atoms with Crippen LogP contribution >= 0.6 is 11.5 Å². The fourth-order valence-electron chi connectivity index (χ4n) is 3.53. The zero-order valence-corrected chi connectivity index (χ0v) is 16.3. The van der Waals surface area contributed by atoms with E-state index < -0.39 is 0 Å². The number of piperidine rings is 1. The third-order valence-electron chi connectivity index (χ3n) is 5.04. The molecule has 1 aliphatic rings. The molecule has 1 saturated heterocycles. The molecule has 27 heavy (non-hydrogen) atoms. The van der Waals surface area contributed by atoms with Gasteiger partial charge in [-0.3, -0.25) is 4.79 Å². The highest BCUT2D eigenvalue weighted by molar-refractivity contribution is 7.08.